The molecule has 1 atom stereocenters. The molecule has 1 aliphatic rings. The lowest BCUT2D eigenvalue weighted by Gasteiger charge is -2.22. The monoisotopic (exact) mass is 466 g/mol. The van der Waals surface area contributed by atoms with E-state index in [0.717, 1.165) is 37.3 Å². The third kappa shape index (κ3) is 8.31. The minimum atomic E-state index is -0.531. The number of hydrogen-bond acceptors (Lipinski definition) is 6. The van der Waals surface area contributed by atoms with Gasteiger partial charge in [0.1, 0.15) is 0 Å². The largest absolute Gasteiger partial charge is 0.449 e. The first-order valence-electron chi connectivity index (χ1n) is 11.0. The Hall–Kier alpha value is -3.26. The van der Waals surface area contributed by atoms with Crippen molar-refractivity contribution in [1.29, 1.82) is 0 Å². The molecule has 2 heterocycles. The number of nitrogens with one attached hydrogen (secondary N) is 2. The van der Waals surface area contributed by atoms with Crippen LogP contribution in [0.4, 0.5) is 21.9 Å². The quantitative estimate of drug-likeness (QED) is 0.294. The minimum absolute atomic E-state index is 0.305. The maximum Gasteiger partial charge on any atom is 0.411 e. The van der Waals surface area contributed by atoms with Gasteiger partial charge in [0.15, 0.2) is 0 Å². The summed E-state index contributed by atoms with van der Waals surface area (Å²) in [6.45, 7) is 4.09. The van der Waals surface area contributed by atoms with Crippen LogP contribution < -0.4 is 15.5 Å². The molecule has 0 spiro atoms. The number of aromatic nitrogens is 1. The molecule has 33 heavy (non-hydrogen) atoms. The van der Waals surface area contributed by atoms with Crippen LogP contribution in [0.2, 0.25) is 0 Å². The van der Waals surface area contributed by atoms with Crippen molar-refractivity contribution in [1.82, 2.24) is 4.98 Å². The fourth-order valence-electron chi connectivity index (χ4n) is 3.63. The normalized spacial score (nSPS) is 16.8. The summed E-state index contributed by atoms with van der Waals surface area (Å²) in [5.41, 5.74) is 2.16. The van der Waals surface area contributed by atoms with Crippen molar-refractivity contribution in [3.05, 3.63) is 71.9 Å². The zero-order valence-electron chi connectivity index (χ0n) is 18.7. The van der Waals surface area contributed by atoms with Gasteiger partial charge >= 0.3 is 6.09 Å². The molecule has 1 saturated heterocycles. The van der Waals surface area contributed by atoms with Gasteiger partial charge in [-0.1, -0.05) is 24.3 Å². The molecule has 2 amide bonds. The van der Waals surface area contributed by atoms with Crippen LogP contribution in [0, 0.1) is 5.92 Å². The van der Waals surface area contributed by atoms with Gasteiger partial charge in [-0.3, -0.25) is 15.1 Å². The first kappa shape index (κ1) is 24.4. The number of thiol groups is 1. The van der Waals surface area contributed by atoms with Gasteiger partial charge in [-0.05, 0) is 61.3 Å². The molecule has 1 fully saturated rings. The van der Waals surface area contributed by atoms with Gasteiger partial charge in [0.05, 0.1) is 18.0 Å². The predicted octanol–water partition coefficient (Wildman–Crippen LogP) is 5.27. The number of amides is 2. The fraction of sp³-hybridized carbons (Fsp3) is 0.320. The molecule has 8 heteroatoms. The van der Waals surface area contributed by atoms with Gasteiger partial charge in [0.2, 0.25) is 5.91 Å². The van der Waals surface area contributed by atoms with Crippen LogP contribution in [0.1, 0.15) is 26.2 Å². The molecule has 1 aliphatic heterocycles. The summed E-state index contributed by atoms with van der Waals surface area (Å²) in [4.78, 5) is 31.8. The smallest absolute Gasteiger partial charge is 0.411 e. The highest BCUT2D eigenvalue weighted by Gasteiger charge is 2.19. The topological polar surface area (TPSA) is 83.6 Å². The summed E-state index contributed by atoms with van der Waals surface area (Å²) in [5.74, 6) is 0.00618. The second-order valence-electron chi connectivity index (χ2n) is 7.91. The number of para-hydroxylation sites is 2. The van der Waals surface area contributed by atoms with E-state index in [1.807, 2.05) is 31.5 Å². The van der Waals surface area contributed by atoms with Gasteiger partial charge in [-0.25, -0.2) is 4.79 Å². The Morgan fingerprint density at radius 2 is 1.85 bits per heavy atom. The highest BCUT2D eigenvalue weighted by Crippen LogP contribution is 2.24. The maximum atomic E-state index is 12.4. The summed E-state index contributed by atoms with van der Waals surface area (Å²) in [5, 5.41) is 5.50. The summed E-state index contributed by atoms with van der Waals surface area (Å²) in [7, 11) is 0. The number of benzene rings is 1. The van der Waals surface area contributed by atoms with Crippen LogP contribution in [0.25, 0.3) is 0 Å². The van der Waals surface area contributed by atoms with E-state index in [2.05, 4.69) is 33.1 Å². The first-order chi connectivity index (χ1) is 16.0. The Bertz CT molecular complexity index is 990. The molecule has 0 bridgehead atoms. The first-order valence-corrected chi connectivity index (χ1v) is 11.5. The number of anilines is 3. The van der Waals surface area contributed by atoms with E-state index in [-0.39, 0.29) is 5.91 Å². The molecule has 2 aromatic rings. The molecule has 7 nitrogen and oxygen atoms in total. The molecule has 1 aromatic heterocycles. The second kappa shape index (κ2) is 12.7. The van der Waals surface area contributed by atoms with Crippen LogP contribution in [0.15, 0.2) is 71.9 Å². The van der Waals surface area contributed by atoms with Crippen molar-refractivity contribution >= 4 is 41.7 Å². The van der Waals surface area contributed by atoms with E-state index in [0.29, 0.717) is 23.9 Å². The van der Waals surface area contributed by atoms with Gasteiger partial charge in [0, 0.05) is 37.2 Å². The van der Waals surface area contributed by atoms with Gasteiger partial charge in [0.25, 0.3) is 0 Å². The summed E-state index contributed by atoms with van der Waals surface area (Å²) >= 11 is 4.15. The highest BCUT2D eigenvalue weighted by molar-refractivity contribution is 7.84. The average Bonchev–Trinajstić information content (AvgIpc) is 3.05. The van der Waals surface area contributed by atoms with Crippen LogP contribution >= 0.6 is 12.6 Å². The average molecular weight is 467 g/mol. The third-order valence-electron chi connectivity index (χ3n) is 5.33. The number of pyridine rings is 1. The molecule has 174 valence electrons. The van der Waals surface area contributed by atoms with Gasteiger partial charge < -0.3 is 15.0 Å². The molecule has 2 N–H and O–H groups in total. The fourth-order valence-corrected chi connectivity index (χ4v) is 3.72. The third-order valence-corrected chi connectivity index (χ3v) is 5.48. The second-order valence-corrected chi connectivity index (χ2v) is 8.62. The van der Waals surface area contributed by atoms with Crippen LogP contribution in [0.5, 0.6) is 0 Å². The van der Waals surface area contributed by atoms with Crippen molar-refractivity contribution in [3.63, 3.8) is 0 Å². The zero-order chi connectivity index (χ0) is 23.5. The Kier molecular flexibility index (Phi) is 9.38. The molecule has 0 saturated carbocycles. The number of carbonyl (C=O) groups is 2. The lowest BCUT2D eigenvalue weighted by atomic mass is 10.0. The number of hydrogen-bond donors (Lipinski definition) is 3. The van der Waals surface area contributed by atoms with E-state index < -0.39 is 6.09 Å². The van der Waals surface area contributed by atoms with Crippen molar-refractivity contribution in [3.8, 4) is 0 Å². The number of nitrogens with zero attached hydrogens (tertiary/aromatic N) is 2. The van der Waals surface area contributed by atoms with Crippen molar-refractivity contribution in [2.45, 2.75) is 26.2 Å². The number of carbonyl (C=O) groups excluding carboxylic acids is 2. The molecular weight excluding hydrogens is 436 g/mol. The van der Waals surface area contributed by atoms with Crippen LogP contribution in [-0.2, 0) is 9.53 Å². The molecule has 3 rings (SSSR count). The maximum absolute atomic E-state index is 12.4. The Morgan fingerprint density at radius 3 is 2.58 bits per heavy atom. The Labute approximate surface area is 200 Å². The van der Waals surface area contributed by atoms with Crippen LogP contribution in [-0.4, -0.2) is 36.7 Å². The number of ether oxygens (including phenoxy) is 1. The SMILES string of the molecule is C/C(S)=C/C=C/C(=O)Nc1ccccc1NC(=O)OCC1CCCN(c2ccncc2)CC1. The standard InChI is InChI=1S/C25H30N4O3S/c1-19(33)6-4-10-24(30)27-22-8-2-3-9-23(22)28-25(31)32-18-20-7-5-16-29(17-13-20)21-11-14-26-15-12-21/h2-4,6,8-12,14-15,20,33H,5,7,13,16-18H2,1H3,(H,27,30)(H,28,31)/b10-4+,19-6-. The van der Waals surface area contributed by atoms with E-state index in [4.69, 9.17) is 4.74 Å². The van der Waals surface area contributed by atoms with E-state index in [1.165, 1.54) is 11.8 Å². The highest BCUT2D eigenvalue weighted by atomic mass is 32.1. The Balaban J connectivity index is 1.48. The molecule has 1 aromatic carbocycles. The van der Waals surface area contributed by atoms with Gasteiger partial charge in [-0.15, -0.1) is 12.6 Å². The summed E-state index contributed by atoms with van der Waals surface area (Å²) in [6.07, 6.45) is 10.8. The van der Waals surface area contributed by atoms with E-state index in [1.54, 1.807) is 36.4 Å². The zero-order valence-corrected chi connectivity index (χ0v) is 19.6. The molecule has 0 aliphatic carbocycles. The predicted molar refractivity (Wildman–Crippen MR) is 136 cm³/mol. The van der Waals surface area contributed by atoms with Crippen molar-refractivity contribution in [2.75, 3.05) is 35.2 Å². The number of allylic oxidation sites excluding steroid dienone is 3. The van der Waals surface area contributed by atoms with Crippen molar-refractivity contribution < 1.29 is 14.3 Å². The molecular formula is C25H30N4O3S. The van der Waals surface area contributed by atoms with Crippen LogP contribution in [0.3, 0.4) is 0 Å². The van der Waals surface area contributed by atoms with E-state index >= 15 is 0 Å². The Morgan fingerprint density at radius 1 is 1.12 bits per heavy atom. The summed E-state index contributed by atoms with van der Waals surface area (Å²) < 4.78 is 5.51. The lowest BCUT2D eigenvalue weighted by Crippen LogP contribution is -2.25. The molecule has 1 unspecified atom stereocenters. The molecule has 0 radical (unpaired) electrons. The minimum Gasteiger partial charge on any atom is -0.449 e. The summed E-state index contributed by atoms with van der Waals surface area (Å²) in [6, 6.07) is 11.1. The lowest BCUT2D eigenvalue weighted by molar-refractivity contribution is -0.111. The van der Waals surface area contributed by atoms with E-state index in [9.17, 15) is 9.59 Å². The number of rotatable bonds is 7. The van der Waals surface area contributed by atoms with Crippen molar-refractivity contribution in [2.24, 2.45) is 5.92 Å². The van der Waals surface area contributed by atoms with Gasteiger partial charge in [-0.2, -0.15) is 0 Å².